The van der Waals surface area contributed by atoms with E-state index in [1.54, 1.807) is 12.5 Å². The molecule has 2 aromatic rings. The normalized spacial score (nSPS) is 9.00. The summed E-state index contributed by atoms with van der Waals surface area (Å²) in [6, 6.07) is 3.71. The number of oxazole rings is 1. The molecule has 0 fully saturated rings. The monoisotopic (exact) mass is 338 g/mol. The Kier molecular flexibility index (Phi) is 3.14. The van der Waals surface area contributed by atoms with E-state index < -0.39 is 0 Å². The Morgan fingerprint density at radius 1 is 1.42 bits per heavy atom. The zero-order valence-corrected chi connectivity index (χ0v) is 8.42. The van der Waals surface area contributed by atoms with Gasteiger partial charge in [-0.05, 0) is 6.20 Å². The van der Waals surface area contributed by atoms with E-state index >= 15 is 0 Å². The first-order chi connectivity index (χ1) is 5.47. The third-order valence-corrected chi connectivity index (χ3v) is 1.32. The van der Waals surface area contributed by atoms with Crippen LogP contribution in [0.2, 0.25) is 0 Å². The molecule has 0 atom stereocenters. The Morgan fingerprint density at radius 2 is 2.33 bits per heavy atom. The summed E-state index contributed by atoms with van der Waals surface area (Å²) in [7, 11) is 0. The van der Waals surface area contributed by atoms with Gasteiger partial charge in [0.2, 0.25) is 0 Å². The number of pyridine rings is 1. The molecule has 0 aliphatic rings. The number of hydrogen-bond acceptors (Lipinski definition) is 3. The standard InChI is InChI=1S/C8H5N2O.Ir/c1-2-7(4-9-3-1)8-5-11-6-10-8;/h1-3,5-6H;/q-1;. The molecule has 0 unspecified atom stereocenters. The van der Waals surface area contributed by atoms with Crippen LogP contribution in [0.15, 0.2) is 35.4 Å². The van der Waals surface area contributed by atoms with Crippen molar-refractivity contribution >= 4 is 0 Å². The number of nitrogens with zero attached hydrogens (tertiary/aromatic N) is 2. The van der Waals surface area contributed by atoms with Gasteiger partial charge in [-0.1, -0.05) is 6.20 Å². The Bertz CT molecular complexity index is 320. The van der Waals surface area contributed by atoms with Gasteiger partial charge < -0.3 is 9.40 Å². The first kappa shape index (κ1) is 9.10. The molecule has 2 aromatic heterocycles. The Morgan fingerprint density at radius 3 is 2.92 bits per heavy atom. The van der Waals surface area contributed by atoms with Crippen molar-refractivity contribution < 1.29 is 24.5 Å². The summed E-state index contributed by atoms with van der Waals surface area (Å²) < 4.78 is 4.81. The van der Waals surface area contributed by atoms with Crippen LogP contribution < -0.4 is 0 Å². The van der Waals surface area contributed by atoms with E-state index in [2.05, 4.69) is 16.2 Å². The fourth-order valence-electron chi connectivity index (χ4n) is 0.815. The number of aromatic nitrogens is 2. The predicted molar refractivity (Wildman–Crippen MR) is 38.6 cm³/mol. The molecule has 4 heteroatoms. The first-order valence-corrected chi connectivity index (χ1v) is 3.18. The minimum atomic E-state index is 0. The maximum atomic E-state index is 4.81. The minimum absolute atomic E-state index is 0. The SMILES string of the molecule is [Ir].[c-]1ncccc1-c1cocn1. The molecule has 0 saturated heterocycles. The maximum absolute atomic E-state index is 4.81. The van der Waals surface area contributed by atoms with Crippen molar-refractivity contribution in [2.75, 3.05) is 0 Å². The molecule has 1 radical (unpaired) electrons. The van der Waals surface area contributed by atoms with E-state index in [9.17, 15) is 0 Å². The molecular formula is C8H5IrN2O-. The number of hydrogen-bond donors (Lipinski definition) is 0. The third kappa shape index (κ3) is 1.78. The summed E-state index contributed by atoms with van der Waals surface area (Å²) in [4.78, 5) is 7.78. The zero-order chi connectivity index (χ0) is 7.52. The van der Waals surface area contributed by atoms with Gasteiger partial charge in [-0.2, -0.15) is 0 Å². The van der Waals surface area contributed by atoms with Crippen LogP contribution in [-0.2, 0) is 20.1 Å². The molecule has 0 N–H and O–H groups in total. The van der Waals surface area contributed by atoms with Crippen molar-refractivity contribution in [3.8, 4) is 11.3 Å². The predicted octanol–water partition coefficient (Wildman–Crippen LogP) is 1.53. The van der Waals surface area contributed by atoms with Gasteiger partial charge in [0.1, 0.15) is 0 Å². The second kappa shape index (κ2) is 4.14. The quantitative estimate of drug-likeness (QED) is 0.741. The molecule has 63 valence electrons. The fraction of sp³-hybridized carbons (Fsp3) is 0. The summed E-state index contributed by atoms with van der Waals surface area (Å²) in [5.74, 6) is 0. The molecule has 0 amide bonds. The average Bonchev–Trinajstić information content (AvgIpc) is 2.58. The summed E-state index contributed by atoms with van der Waals surface area (Å²) in [5.41, 5.74) is 1.61. The van der Waals surface area contributed by atoms with Crippen LogP contribution in [0.1, 0.15) is 0 Å². The van der Waals surface area contributed by atoms with E-state index in [-0.39, 0.29) is 20.1 Å². The van der Waals surface area contributed by atoms with Crippen LogP contribution in [0.4, 0.5) is 0 Å². The summed E-state index contributed by atoms with van der Waals surface area (Å²) >= 11 is 0. The van der Waals surface area contributed by atoms with Crippen LogP contribution in [-0.4, -0.2) is 9.97 Å². The van der Waals surface area contributed by atoms with Crippen LogP contribution in [0.3, 0.4) is 0 Å². The van der Waals surface area contributed by atoms with Gasteiger partial charge in [0.05, 0.1) is 6.26 Å². The molecule has 0 aliphatic heterocycles. The molecule has 2 rings (SSSR count). The molecular weight excluding hydrogens is 332 g/mol. The van der Waals surface area contributed by atoms with Crippen LogP contribution in [0.25, 0.3) is 11.3 Å². The van der Waals surface area contributed by atoms with Crippen molar-refractivity contribution in [1.29, 1.82) is 0 Å². The molecule has 0 aliphatic carbocycles. The Labute approximate surface area is 83.2 Å². The molecule has 0 spiro atoms. The second-order valence-electron chi connectivity index (χ2n) is 2.04. The van der Waals surface area contributed by atoms with Crippen molar-refractivity contribution in [2.24, 2.45) is 0 Å². The molecule has 0 bridgehead atoms. The molecule has 3 nitrogen and oxygen atoms in total. The van der Waals surface area contributed by atoms with Crippen LogP contribution in [0.5, 0.6) is 0 Å². The van der Waals surface area contributed by atoms with Gasteiger partial charge in [0.25, 0.3) is 0 Å². The molecule has 12 heavy (non-hydrogen) atoms. The van der Waals surface area contributed by atoms with Gasteiger partial charge in [0.15, 0.2) is 6.39 Å². The van der Waals surface area contributed by atoms with E-state index in [0.717, 1.165) is 11.3 Å². The van der Waals surface area contributed by atoms with Gasteiger partial charge in [-0.3, -0.25) is 4.98 Å². The summed E-state index contributed by atoms with van der Waals surface area (Å²) in [6.07, 6.45) is 7.42. The molecule has 2 heterocycles. The maximum Gasteiger partial charge on any atom is 0.170 e. The molecule has 0 saturated carbocycles. The van der Waals surface area contributed by atoms with Gasteiger partial charge in [-0.15, -0.1) is 17.7 Å². The zero-order valence-electron chi connectivity index (χ0n) is 6.02. The third-order valence-electron chi connectivity index (χ3n) is 1.32. The number of rotatable bonds is 1. The minimum Gasteiger partial charge on any atom is -0.462 e. The van der Waals surface area contributed by atoms with Crippen LogP contribution in [0, 0.1) is 6.20 Å². The Balaban J connectivity index is 0.000000720. The van der Waals surface area contributed by atoms with E-state index in [1.165, 1.54) is 6.39 Å². The Hall–Kier alpha value is -0.991. The first-order valence-electron chi connectivity index (χ1n) is 3.18. The van der Waals surface area contributed by atoms with Gasteiger partial charge in [-0.25, -0.2) is 0 Å². The van der Waals surface area contributed by atoms with E-state index in [0.29, 0.717) is 0 Å². The van der Waals surface area contributed by atoms with Crippen molar-refractivity contribution in [3.05, 3.63) is 37.2 Å². The van der Waals surface area contributed by atoms with Gasteiger partial charge >= 0.3 is 0 Å². The topological polar surface area (TPSA) is 38.9 Å². The fourth-order valence-corrected chi connectivity index (χ4v) is 0.815. The van der Waals surface area contributed by atoms with Crippen molar-refractivity contribution in [3.63, 3.8) is 0 Å². The van der Waals surface area contributed by atoms with Crippen LogP contribution >= 0.6 is 0 Å². The largest absolute Gasteiger partial charge is 0.462 e. The van der Waals surface area contributed by atoms with E-state index in [1.807, 2.05) is 12.1 Å². The van der Waals surface area contributed by atoms with Gasteiger partial charge in [0, 0.05) is 25.8 Å². The van der Waals surface area contributed by atoms with E-state index in [4.69, 9.17) is 4.42 Å². The second-order valence-corrected chi connectivity index (χ2v) is 2.04. The van der Waals surface area contributed by atoms with Crippen molar-refractivity contribution in [1.82, 2.24) is 9.97 Å². The molecule has 0 aromatic carbocycles. The average molecular weight is 337 g/mol. The summed E-state index contributed by atoms with van der Waals surface area (Å²) in [6.45, 7) is 0. The smallest absolute Gasteiger partial charge is 0.170 e. The summed E-state index contributed by atoms with van der Waals surface area (Å²) in [5, 5.41) is 0. The van der Waals surface area contributed by atoms with Crippen molar-refractivity contribution in [2.45, 2.75) is 0 Å².